The quantitative estimate of drug-likeness (QED) is 0.311. The zero-order chi connectivity index (χ0) is 23.5. The fourth-order valence-corrected chi connectivity index (χ4v) is 4.40. The molecule has 1 aromatic heterocycles. The number of hydrogen-bond acceptors (Lipinski definition) is 5. The zero-order valence-corrected chi connectivity index (χ0v) is 20.9. The molecule has 2 aromatic carbocycles. The van der Waals surface area contributed by atoms with Crippen LogP contribution in [0, 0.1) is 6.92 Å². The van der Waals surface area contributed by atoms with Gasteiger partial charge in [-0.25, -0.2) is 13.8 Å². The summed E-state index contributed by atoms with van der Waals surface area (Å²) in [5, 5.41) is 4.28. The molecule has 0 atom stereocenters. The summed E-state index contributed by atoms with van der Waals surface area (Å²) in [5.41, 5.74) is 3.70. The van der Waals surface area contributed by atoms with Gasteiger partial charge in [0.05, 0.1) is 39.2 Å². The van der Waals surface area contributed by atoms with Crippen LogP contribution in [0.1, 0.15) is 27.4 Å². The number of carbonyl (C=O) groups is 1. The first-order chi connectivity index (χ1) is 15.1. The fourth-order valence-electron chi connectivity index (χ4n) is 2.76. The molecule has 3 rings (SSSR count). The van der Waals surface area contributed by atoms with E-state index < -0.39 is 15.9 Å². The summed E-state index contributed by atoms with van der Waals surface area (Å²) in [6.07, 6.45) is 2.48. The Morgan fingerprint density at radius 2 is 1.91 bits per heavy atom. The van der Waals surface area contributed by atoms with Crippen molar-refractivity contribution >= 4 is 67.0 Å². The van der Waals surface area contributed by atoms with Crippen molar-refractivity contribution in [2.24, 2.45) is 5.10 Å². The Hall–Kier alpha value is -2.33. The Balaban J connectivity index is 1.72. The number of nitrogens with zero attached hydrogens (tertiary/aromatic N) is 2. The van der Waals surface area contributed by atoms with Crippen LogP contribution in [0.3, 0.4) is 0 Å². The summed E-state index contributed by atoms with van der Waals surface area (Å²) in [6.45, 7) is 1.82. The maximum atomic E-state index is 12.4. The van der Waals surface area contributed by atoms with Gasteiger partial charge in [0.15, 0.2) is 0 Å². The number of benzene rings is 2. The summed E-state index contributed by atoms with van der Waals surface area (Å²) in [7, 11) is -3.64. The molecular formula is C21H18BrCl2N3O4S. The van der Waals surface area contributed by atoms with E-state index in [1.807, 2.05) is 0 Å². The molecule has 7 nitrogen and oxygen atoms in total. The second-order valence-corrected chi connectivity index (χ2v) is 10.3. The van der Waals surface area contributed by atoms with E-state index in [2.05, 4.69) is 26.5 Å². The van der Waals surface area contributed by atoms with Gasteiger partial charge in [-0.2, -0.15) is 5.10 Å². The number of sulfonamides is 1. The molecule has 0 aliphatic heterocycles. The molecule has 32 heavy (non-hydrogen) atoms. The van der Waals surface area contributed by atoms with Crippen LogP contribution in [-0.4, -0.2) is 26.8 Å². The SMILES string of the molecule is Cc1oc(C=NNC(=O)c2ccc(CN(c3cccc(Cl)c3Cl)S(C)(=O)=O)cc2)cc1Br. The summed E-state index contributed by atoms with van der Waals surface area (Å²) < 4.78 is 32.1. The van der Waals surface area contributed by atoms with Gasteiger partial charge in [-0.15, -0.1) is 0 Å². The van der Waals surface area contributed by atoms with Crippen LogP contribution in [0.2, 0.25) is 10.0 Å². The fraction of sp³-hybridized carbons (Fsp3) is 0.143. The van der Waals surface area contributed by atoms with Gasteiger partial charge in [0.1, 0.15) is 11.5 Å². The molecule has 0 saturated carbocycles. The monoisotopic (exact) mass is 557 g/mol. The average Bonchev–Trinajstić information content (AvgIpc) is 3.05. The van der Waals surface area contributed by atoms with Gasteiger partial charge >= 0.3 is 0 Å². The third kappa shape index (κ3) is 5.92. The first-order valence-electron chi connectivity index (χ1n) is 9.16. The Morgan fingerprint density at radius 3 is 2.50 bits per heavy atom. The van der Waals surface area contributed by atoms with Crippen LogP contribution >= 0.6 is 39.1 Å². The van der Waals surface area contributed by atoms with Crippen molar-refractivity contribution < 1.29 is 17.6 Å². The first-order valence-corrected chi connectivity index (χ1v) is 12.6. The lowest BCUT2D eigenvalue weighted by Crippen LogP contribution is -2.29. The molecule has 1 amide bonds. The van der Waals surface area contributed by atoms with E-state index in [0.29, 0.717) is 22.6 Å². The number of hydrazone groups is 1. The van der Waals surface area contributed by atoms with Gasteiger partial charge in [-0.1, -0.05) is 41.4 Å². The Morgan fingerprint density at radius 1 is 1.22 bits per heavy atom. The number of rotatable bonds is 7. The van der Waals surface area contributed by atoms with Gasteiger partial charge < -0.3 is 4.42 Å². The maximum absolute atomic E-state index is 12.4. The number of nitrogens with one attached hydrogen (secondary N) is 1. The van der Waals surface area contributed by atoms with E-state index in [1.165, 1.54) is 6.21 Å². The summed E-state index contributed by atoms with van der Waals surface area (Å²) in [5.74, 6) is 0.772. The largest absolute Gasteiger partial charge is 0.459 e. The predicted molar refractivity (Wildman–Crippen MR) is 130 cm³/mol. The van der Waals surface area contributed by atoms with E-state index in [9.17, 15) is 13.2 Å². The van der Waals surface area contributed by atoms with E-state index in [-0.39, 0.29) is 22.3 Å². The molecule has 1 heterocycles. The lowest BCUT2D eigenvalue weighted by molar-refractivity contribution is 0.0955. The Kier molecular flexibility index (Phi) is 7.66. The van der Waals surface area contributed by atoms with Crippen LogP contribution in [0.25, 0.3) is 0 Å². The topological polar surface area (TPSA) is 92.0 Å². The molecule has 11 heteroatoms. The van der Waals surface area contributed by atoms with Gasteiger partial charge in [0.2, 0.25) is 10.0 Å². The van der Waals surface area contributed by atoms with Crippen molar-refractivity contribution in [1.29, 1.82) is 0 Å². The number of hydrogen-bond donors (Lipinski definition) is 1. The molecule has 1 N–H and O–H groups in total. The van der Waals surface area contributed by atoms with Crippen molar-refractivity contribution in [2.45, 2.75) is 13.5 Å². The van der Waals surface area contributed by atoms with Crippen molar-refractivity contribution in [1.82, 2.24) is 5.43 Å². The summed E-state index contributed by atoms with van der Waals surface area (Å²) in [6, 6.07) is 13.0. The molecule has 0 spiro atoms. The highest BCUT2D eigenvalue weighted by Crippen LogP contribution is 2.34. The minimum Gasteiger partial charge on any atom is -0.459 e. The summed E-state index contributed by atoms with van der Waals surface area (Å²) >= 11 is 15.6. The number of halogens is 3. The number of furan rings is 1. The third-order valence-corrected chi connectivity index (χ3v) is 7.10. The summed E-state index contributed by atoms with van der Waals surface area (Å²) in [4.78, 5) is 12.3. The minimum atomic E-state index is -3.64. The normalized spacial score (nSPS) is 11.7. The molecule has 0 unspecified atom stereocenters. The molecule has 0 aliphatic carbocycles. The second kappa shape index (κ2) is 10.1. The molecular weight excluding hydrogens is 541 g/mol. The average molecular weight is 559 g/mol. The molecule has 0 fully saturated rings. The lowest BCUT2D eigenvalue weighted by Gasteiger charge is -2.24. The van der Waals surface area contributed by atoms with Crippen LogP contribution in [0.5, 0.6) is 0 Å². The third-order valence-electron chi connectivity index (χ3n) is 4.38. The van der Waals surface area contributed by atoms with Gasteiger partial charge in [0, 0.05) is 11.6 Å². The van der Waals surface area contributed by atoms with Crippen molar-refractivity contribution in [3.63, 3.8) is 0 Å². The van der Waals surface area contributed by atoms with Crippen LogP contribution < -0.4 is 9.73 Å². The van der Waals surface area contributed by atoms with Crippen LogP contribution in [-0.2, 0) is 16.6 Å². The van der Waals surface area contributed by atoms with Crippen LogP contribution in [0.4, 0.5) is 5.69 Å². The van der Waals surface area contributed by atoms with Gasteiger partial charge in [0.25, 0.3) is 5.91 Å². The Bertz CT molecular complexity index is 1260. The van der Waals surface area contributed by atoms with Gasteiger partial charge in [-0.05, 0) is 52.7 Å². The highest BCUT2D eigenvalue weighted by atomic mass is 79.9. The van der Waals surface area contributed by atoms with E-state index in [0.717, 1.165) is 15.0 Å². The molecule has 3 aromatic rings. The van der Waals surface area contributed by atoms with E-state index in [1.54, 1.807) is 55.5 Å². The van der Waals surface area contributed by atoms with Crippen LogP contribution in [0.15, 0.2) is 62.5 Å². The minimum absolute atomic E-state index is 0.0195. The Labute approximate surface area is 204 Å². The molecule has 0 aliphatic rings. The van der Waals surface area contributed by atoms with Gasteiger partial charge in [-0.3, -0.25) is 9.10 Å². The smallest absolute Gasteiger partial charge is 0.271 e. The molecule has 0 saturated heterocycles. The van der Waals surface area contributed by atoms with Crippen molar-refractivity contribution in [2.75, 3.05) is 10.6 Å². The highest BCUT2D eigenvalue weighted by Gasteiger charge is 2.21. The van der Waals surface area contributed by atoms with E-state index in [4.69, 9.17) is 27.6 Å². The van der Waals surface area contributed by atoms with Crippen molar-refractivity contribution in [3.8, 4) is 0 Å². The highest BCUT2D eigenvalue weighted by molar-refractivity contribution is 9.10. The zero-order valence-electron chi connectivity index (χ0n) is 17.0. The molecule has 0 radical (unpaired) electrons. The first kappa shape index (κ1) is 24.3. The standard InChI is InChI=1S/C21H18BrCl2N3O4S/c1-13-17(22)10-16(31-13)11-25-26-21(28)15-8-6-14(7-9-15)12-27(32(2,29)30)19-5-3-4-18(23)20(19)24/h3-11H,12H2,1-2H3,(H,26,28). The second-order valence-electron chi connectivity index (χ2n) is 6.79. The number of amides is 1. The number of anilines is 1. The molecule has 168 valence electrons. The van der Waals surface area contributed by atoms with E-state index >= 15 is 0 Å². The maximum Gasteiger partial charge on any atom is 0.271 e. The molecule has 0 bridgehead atoms. The predicted octanol–water partition coefficient (Wildman–Crippen LogP) is 5.39. The number of carbonyl (C=O) groups excluding carboxylic acids is 1. The van der Waals surface area contributed by atoms with Crippen molar-refractivity contribution in [3.05, 3.63) is 85.7 Å². The lowest BCUT2D eigenvalue weighted by atomic mass is 10.1. The number of aryl methyl sites for hydroxylation is 1.